The zero-order valence-electron chi connectivity index (χ0n) is 22.6. The highest BCUT2D eigenvalue weighted by Gasteiger charge is 2.19. The highest BCUT2D eigenvalue weighted by Crippen LogP contribution is 2.46. The second-order valence-electron chi connectivity index (χ2n) is 10.8. The number of benzene rings is 7. The quantitative estimate of drug-likeness (QED) is 0.125. The van der Waals surface area contributed by atoms with Gasteiger partial charge in [-0.15, -0.1) is 0 Å². The van der Waals surface area contributed by atoms with Gasteiger partial charge in [0.25, 0.3) is 0 Å². The first-order valence-corrected chi connectivity index (χ1v) is 15.6. The first-order chi connectivity index (χ1) is 20.3. The normalized spacial score (nSPS) is 11.8. The van der Waals surface area contributed by atoms with E-state index >= 15 is 0 Å². The van der Waals surface area contributed by atoms with Crippen molar-refractivity contribution in [2.45, 2.75) is 0 Å². The highest BCUT2D eigenvalue weighted by molar-refractivity contribution is 6.67. The van der Waals surface area contributed by atoms with Gasteiger partial charge >= 0.3 is 0 Å². The van der Waals surface area contributed by atoms with E-state index in [0.29, 0.717) is 0 Å². The molecule has 8 rings (SSSR count). The average Bonchev–Trinajstić information content (AvgIpc) is 3.04. The number of pyridine rings is 1. The topological polar surface area (TPSA) is 12.9 Å². The van der Waals surface area contributed by atoms with Crippen molar-refractivity contribution in [1.82, 2.24) is 4.98 Å². The summed E-state index contributed by atoms with van der Waals surface area (Å²) in [6.45, 7) is 0. The molecule has 192 valence electrons. The smallest absolute Gasteiger partial charge is 0.0875 e. The van der Waals surface area contributed by atoms with E-state index in [1.165, 1.54) is 75.7 Å². The summed E-state index contributed by atoms with van der Waals surface area (Å²) in [5.74, 6) is 0. The number of hydrogen-bond acceptors (Lipinski definition) is 1. The highest BCUT2D eigenvalue weighted by atomic mass is 28.2. The van der Waals surface area contributed by atoms with Crippen molar-refractivity contribution in [2.24, 2.45) is 0 Å². The minimum atomic E-state index is -0.629. The lowest BCUT2D eigenvalue weighted by molar-refractivity contribution is 1.33. The van der Waals surface area contributed by atoms with E-state index < -0.39 is 9.52 Å². The van der Waals surface area contributed by atoms with Crippen LogP contribution in [-0.2, 0) is 0 Å². The number of fused-ring (bicyclic) bond motifs is 5. The molecule has 8 aromatic rings. The lowest BCUT2D eigenvalue weighted by Crippen LogP contribution is -2.26. The van der Waals surface area contributed by atoms with Crippen molar-refractivity contribution in [3.63, 3.8) is 0 Å². The van der Waals surface area contributed by atoms with Crippen LogP contribution in [0.25, 0.3) is 65.3 Å². The first-order valence-electron chi connectivity index (χ1n) is 14.2. The molecule has 0 aliphatic carbocycles. The third kappa shape index (κ3) is 4.04. The molecule has 7 aromatic carbocycles. The minimum absolute atomic E-state index is 0.629. The van der Waals surface area contributed by atoms with E-state index in [9.17, 15) is 0 Å². The third-order valence-corrected chi connectivity index (χ3v) is 10.1. The average molecular weight is 538 g/mol. The summed E-state index contributed by atoms with van der Waals surface area (Å²) in [7, 11) is -0.629. The van der Waals surface area contributed by atoms with Gasteiger partial charge in [-0.05, 0) is 83.5 Å². The van der Waals surface area contributed by atoms with Crippen molar-refractivity contribution in [3.05, 3.63) is 152 Å². The van der Waals surface area contributed by atoms with E-state index in [1.807, 2.05) is 12.4 Å². The summed E-state index contributed by atoms with van der Waals surface area (Å²) in [5.41, 5.74) is 5.09. The number of aromatic nitrogens is 1. The number of rotatable bonds is 4. The van der Waals surface area contributed by atoms with Gasteiger partial charge in [0.2, 0.25) is 0 Å². The number of hydrogen-bond donors (Lipinski definition) is 0. The minimum Gasteiger partial charge on any atom is -0.265 e. The van der Waals surface area contributed by atoms with E-state index in [-0.39, 0.29) is 0 Å². The van der Waals surface area contributed by atoms with Gasteiger partial charge in [0.1, 0.15) is 0 Å². The third-order valence-electron chi connectivity index (χ3n) is 8.35. The lowest BCUT2D eigenvalue weighted by atomic mass is 9.84. The van der Waals surface area contributed by atoms with E-state index in [4.69, 9.17) is 0 Å². The molecule has 1 heterocycles. The van der Waals surface area contributed by atoms with Crippen LogP contribution in [0.4, 0.5) is 0 Å². The molecule has 0 unspecified atom stereocenters. The maximum absolute atomic E-state index is 4.33. The van der Waals surface area contributed by atoms with E-state index in [2.05, 4.69) is 145 Å². The van der Waals surface area contributed by atoms with Crippen LogP contribution in [0.1, 0.15) is 0 Å². The van der Waals surface area contributed by atoms with Gasteiger partial charge in [-0.2, -0.15) is 0 Å². The molecule has 1 aromatic heterocycles. The molecule has 0 aliphatic heterocycles. The molecule has 0 saturated heterocycles. The Kier molecular flexibility index (Phi) is 5.72. The maximum atomic E-state index is 4.33. The monoisotopic (exact) mass is 537 g/mol. The number of nitrogens with zero attached hydrogens (tertiary/aromatic N) is 1. The molecular formula is C39H27NSi. The predicted molar refractivity (Wildman–Crippen MR) is 179 cm³/mol. The van der Waals surface area contributed by atoms with Crippen molar-refractivity contribution in [1.29, 1.82) is 0 Å². The summed E-state index contributed by atoms with van der Waals surface area (Å²) < 4.78 is 0. The molecule has 0 atom stereocenters. The second-order valence-corrected chi connectivity index (χ2v) is 12.8. The van der Waals surface area contributed by atoms with Crippen LogP contribution in [0, 0.1) is 0 Å². The molecule has 0 spiro atoms. The molecule has 0 saturated carbocycles. The van der Waals surface area contributed by atoms with Gasteiger partial charge in [0.05, 0.1) is 9.52 Å². The standard InChI is InChI=1S/C39H27NSi/c1-2-11-28(12-3-1)41-29-18-19-35-37(25-29)39(34-17-9-8-16-33(34)38(35)26-20-22-40-23-21-26)36-24-27-10-4-5-13-30(27)31-14-6-7-15-32(31)36/h1-25H,41H2. The molecule has 0 bridgehead atoms. The van der Waals surface area contributed by atoms with Crippen molar-refractivity contribution < 1.29 is 0 Å². The Morgan fingerprint density at radius 3 is 1.78 bits per heavy atom. The second kappa shape index (κ2) is 9.85. The van der Waals surface area contributed by atoms with Crippen molar-refractivity contribution >= 4 is 63.0 Å². The van der Waals surface area contributed by atoms with Crippen LogP contribution >= 0.6 is 0 Å². The van der Waals surface area contributed by atoms with E-state index in [1.54, 1.807) is 0 Å². The fourth-order valence-electron chi connectivity index (χ4n) is 6.55. The lowest BCUT2D eigenvalue weighted by Gasteiger charge is -2.20. The van der Waals surface area contributed by atoms with Gasteiger partial charge in [0.15, 0.2) is 0 Å². The summed E-state index contributed by atoms with van der Waals surface area (Å²) in [6, 6.07) is 51.5. The van der Waals surface area contributed by atoms with Gasteiger partial charge in [-0.25, -0.2) is 0 Å². The van der Waals surface area contributed by atoms with Gasteiger partial charge in [-0.1, -0.05) is 132 Å². The van der Waals surface area contributed by atoms with Crippen LogP contribution in [0.3, 0.4) is 0 Å². The molecule has 2 heteroatoms. The Balaban J connectivity index is 1.54. The van der Waals surface area contributed by atoms with Crippen LogP contribution in [0.5, 0.6) is 0 Å². The van der Waals surface area contributed by atoms with Gasteiger partial charge in [-0.3, -0.25) is 4.98 Å². The van der Waals surface area contributed by atoms with Gasteiger partial charge < -0.3 is 0 Å². The fraction of sp³-hybridized carbons (Fsp3) is 0. The maximum Gasteiger partial charge on any atom is 0.0875 e. The summed E-state index contributed by atoms with van der Waals surface area (Å²) >= 11 is 0. The summed E-state index contributed by atoms with van der Waals surface area (Å²) in [5, 5.41) is 13.2. The first kappa shape index (κ1) is 23.8. The zero-order chi connectivity index (χ0) is 27.2. The molecule has 41 heavy (non-hydrogen) atoms. The summed E-state index contributed by atoms with van der Waals surface area (Å²) in [4.78, 5) is 4.33. The predicted octanol–water partition coefficient (Wildman–Crippen LogP) is 8.15. The van der Waals surface area contributed by atoms with Crippen LogP contribution in [0.2, 0.25) is 0 Å². The van der Waals surface area contributed by atoms with Crippen molar-refractivity contribution in [3.8, 4) is 22.3 Å². The molecule has 0 amide bonds. The summed E-state index contributed by atoms with van der Waals surface area (Å²) in [6.07, 6.45) is 3.80. The largest absolute Gasteiger partial charge is 0.265 e. The Hall–Kier alpha value is -5.05. The molecular weight excluding hydrogens is 511 g/mol. The Bertz CT molecular complexity index is 2220. The molecule has 0 radical (unpaired) electrons. The van der Waals surface area contributed by atoms with E-state index in [0.717, 1.165) is 0 Å². The van der Waals surface area contributed by atoms with Crippen LogP contribution < -0.4 is 10.4 Å². The molecule has 0 N–H and O–H groups in total. The zero-order valence-corrected chi connectivity index (χ0v) is 24.0. The van der Waals surface area contributed by atoms with Gasteiger partial charge in [0, 0.05) is 12.4 Å². The molecule has 1 nitrogen and oxygen atoms in total. The Morgan fingerprint density at radius 1 is 0.390 bits per heavy atom. The SMILES string of the molecule is c1ccc([SiH2]c2ccc3c(-c4ccncc4)c4ccccc4c(-c4cc5ccccc5c5ccccc45)c3c2)cc1. The molecule has 0 aliphatic rings. The Labute approximate surface area is 241 Å². The Morgan fingerprint density at radius 2 is 1.00 bits per heavy atom. The fourth-order valence-corrected chi connectivity index (χ4v) is 8.07. The molecule has 0 fully saturated rings. The van der Waals surface area contributed by atoms with Crippen molar-refractivity contribution in [2.75, 3.05) is 0 Å². The van der Waals surface area contributed by atoms with Crippen LogP contribution in [0.15, 0.2) is 152 Å². The van der Waals surface area contributed by atoms with Crippen LogP contribution in [-0.4, -0.2) is 14.5 Å².